The molecule has 3 rings (SSSR count). The summed E-state index contributed by atoms with van der Waals surface area (Å²) in [5.74, 6) is 0. The van der Waals surface area contributed by atoms with Crippen LogP contribution < -0.4 is 10.6 Å². The van der Waals surface area contributed by atoms with Gasteiger partial charge in [-0.3, -0.25) is 4.90 Å². The molecule has 2 saturated heterocycles. The average molecular weight is 291 g/mol. The number of fused-ring (bicyclic) bond motifs is 1. The van der Waals surface area contributed by atoms with E-state index in [9.17, 15) is 0 Å². The Hall–Kier alpha value is -0.710. The van der Waals surface area contributed by atoms with Gasteiger partial charge in [0.1, 0.15) is 0 Å². The number of hydrogen-bond donors (Lipinski definition) is 1. The molecule has 110 valence electrons. The lowest BCUT2D eigenvalue weighted by atomic mass is 10.0. The van der Waals surface area contributed by atoms with Gasteiger partial charge in [0.05, 0.1) is 0 Å². The molecule has 2 fully saturated rings. The maximum Gasteiger partial charge on any atom is 0.0426 e. The minimum atomic E-state index is 0.576. The van der Waals surface area contributed by atoms with E-state index in [1.807, 2.05) is 0 Å². The van der Waals surface area contributed by atoms with Gasteiger partial charge < -0.3 is 10.6 Å². The van der Waals surface area contributed by atoms with Crippen molar-refractivity contribution in [2.24, 2.45) is 5.73 Å². The van der Waals surface area contributed by atoms with Crippen molar-refractivity contribution in [3.05, 3.63) is 23.8 Å². The van der Waals surface area contributed by atoms with E-state index in [-0.39, 0.29) is 0 Å². The van der Waals surface area contributed by atoms with Crippen LogP contribution in [0, 0.1) is 0 Å². The molecule has 0 aliphatic carbocycles. The van der Waals surface area contributed by atoms with Gasteiger partial charge >= 0.3 is 0 Å². The fourth-order valence-corrected chi connectivity index (χ4v) is 4.39. The van der Waals surface area contributed by atoms with Crippen molar-refractivity contribution in [1.82, 2.24) is 4.90 Å². The number of hydrogen-bond acceptors (Lipinski definition) is 4. The van der Waals surface area contributed by atoms with E-state index in [0.717, 1.165) is 12.6 Å². The first-order chi connectivity index (χ1) is 9.74. The molecule has 1 aromatic carbocycles. The Morgan fingerprint density at radius 1 is 1.35 bits per heavy atom. The summed E-state index contributed by atoms with van der Waals surface area (Å²) < 4.78 is 0. The first-order valence-electron chi connectivity index (χ1n) is 7.61. The molecule has 0 bridgehead atoms. The van der Waals surface area contributed by atoms with Crippen molar-refractivity contribution >= 4 is 17.4 Å². The molecule has 0 radical (unpaired) electrons. The van der Waals surface area contributed by atoms with Crippen LogP contribution in [0.3, 0.4) is 0 Å². The second-order valence-electron chi connectivity index (χ2n) is 5.95. The molecule has 2 aliphatic rings. The van der Waals surface area contributed by atoms with Crippen LogP contribution >= 0.6 is 11.8 Å². The Bertz CT molecular complexity index is 477. The van der Waals surface area contributed by atoms with Crippen LogP contribution in [0.15, 0.2) is 23.1 Å². The molecule has 0 saturated carbocycles. The van der Waals surface area contributed by atoms with Gasteiger partial charge in [-0.1, -0.05) is 6.07 Å². The molecule has 0 spiro atoms. The third-order valence-electron chi connectivity index (χ3n) is 4.78. The molecule has 3 nitrogen and oxygen atoms in total. The minimum absolute atomic E-state index is 0.576. The molecular weight excluding hydrogens is 266 g/mol. The van der Waals surface area contributed by atoms with Crippen LogP contribution in [0.2, 0.25) is 0 Å². The summed E-state index contributed by atoms with van der Waals surface area (Å²) in [4.78, 5) is 6.59. The fraction of sp³-hybridized carbons (Fsp3) is 0.625. The van der Waals surface area contributed by atoms with Crippen LogP contribution in [-0.2, 0) is 6.54 Å². The third-order valence-corrected chi connectivity index (χ3v) is 5.60. The number of rotatable bonds is 3. The van der Waals surface area contributed by atoms with Crippen molar-refractivity contribution < 1.29 is 0 Å². The van der Waals surface area contributed by atoms with Gasteiger partial charge in [0, 0.05) is 47.9 Å². The van der Waals surface area contributed by atoms with E-state index in [4.69, 9.17) is 5.73 Å². The molecule has 0 aromatic heterocycles. The SMILES string of the molecule is CSc1cccc(N2CC3CCCN3CC2C)c1CN. The highest BCUT2D eigenvalue weighted by atomic mass is 32.2. The lowest BCUT2D eigenvalue weighted by molar-refractivity contribution is 0.202. The predicted molar refractivity (Wildman–Crippen MR) is 87.5 cm³/mol. The molecule has 20 heavy (non-hydrogen) atoms. The second-order valence-corrected chi connectivity index (χ2v) is 6.80. The van der Waals surface area contributed by atoms with Crippen LogP contribution in [-0.4, -0.2) is 42.9 Å². The monoisotopic (exact) mass is 291 g/mol. The number of nitrogens with two attached hydrogens (primary N) is 1. The molecule has 2 atom stereocenters. The van der Waals surface area contributed by atoms with Gasteiger partial charge in [-0.15, -0.1) is 11.8 Å². The lowest BCUT2D eigenvalue weighted by Crippen LogP contribution is -2.55. The van der Waals surface area contributed by atoms with Gasteiger partial charge in [0.2, 0.25) is 0 Å². The smallest absolute Gasteiger partial charge is 0.0426 e. The minimum Gasteiger partial charge on any atom is -0.366 e. The van der Waals surface area contributed by atoms with Crippen LogP contribution in [0.25, 0.3) is 0 Å². The van der Waals surface area contributed by atoms with Crippen LogP contribution in [0.4, 0.5) is 5.69 Å². The number of benzene rings is 1. The second kappa shape index (κ2) is 5.96. The predicted octanol–water partition coefficient (Wildman–Crippen LogP) is 2.54. The normalized spacial score (nSPS) is 26.9. The third kappa shape index (κ3) is 2.45. The van der Waals surface area contributed by atoms with E-state index in [1.54, 1.807) is 11.8 Å². The van der Waals surface area contributed by atoms with Gasteiger partial charge in [0.15, 0.2) is 0 Å². The van der Waals surface area contributed by atoms with E-state index in [2.05, 4.69) is 41.2 Å². The Labute approximate surface area is 126 Å². The van der Waals surface area contributed by atoms with Crippen molar-refractivity contribution in [1.29, 1.82) is 0 Å². The topological polar surface area (TPSA) is 32.5 Å². The first-order valence-corrected chi connectivity index (χ1v) is 8.83. The maximum absolute atomic E-state index is 6.04. The summed E-state index contributed by atoms with van der Waals surface area (Å²) in [5, 5.41) is 0. The van der Waals surface area contributed by atoms with E-state index in [1.165, 1.54) is 42.1 Å². The summed E-state index contributed by atoms with van der Waals surface area (Å²) in [6, 6.07) is 7.94. The molecule has 2 N–H and O–H groups in total. The van der Waals surface area contributed by atoms with E-state index in [0.29, 0.717) is 12.6 Å². The zero-order chi connectivity index (χ0) is 14.1. The van der Waals surface area contributed by atoms with Crippen LogP contribution in [0.1, 0.15) is 25.3 Å². The summed E-state index contributed by atoms with van der Waals surface area (Å²) in [6.07, 6.45) is 4.85. The van der Waals surface area contributed by atoms with Crippen molar-refractivity contribution in [3.8, 4) is 0 Å². The largest absolute Gasteiger partial charge is 0.366 e. The van der Waals surface area contributed by atoms with Gasteiger partial charge in [-0.05, 0) is 44.7 Å². The highest BCUT2D eigenvalue weighted by Gasteiger charge is 2.35. The molecular formula is C16H25N3S. The number of nitrogens with zero attached hydrogens (tertiary/aromatic N) is 2. The molecule has 0 amide bonds. The Morgan fingerprint density at radius 2 is 2.20 bits per heavy atom. The first kappa shape index (κ1) is 14.2. The zero-order valence-electron chi connectivity index (χ0n) is 12.5. The summed E-state index contributed by atoms with van der Waals surface area (Å²) >= 11 is 1.80. The molecule has 2 aliphatic heterocycles. The van der Waals surface area contributed by atoms with Gasteiger partial charge in [-0.25, -0.2) is 0 Å². The average Bonchev–Trinajstić information content (AvgIpc) is 2.92. The summed E-state index contributed by atoms with van der Waals surface area (Å²) in [7, 11) is 0. The molecule has 1 aromatic rings. The van der Waals surface area contributed by atoms with Gasteiger partial charge in [-0.2, -0.15) is 0 Å². The lowest BCUT2D eigenvalue weighted by Gasteiger charge is -2.44. The number of thioether (sulfide) groups is 1. The van der Waals surface area contributed by atoms with Crippen molar-refractivity contribution in [3.63, 3.8) is 0 Å². The number of piperazine rings is 1. The maximum atomic E-state index is 6.04. The van der Waals surface area contributed by atoms with Crippen molar-refractivity contribution in [2.75, 3.05) is 30.8 Å². The fourth-order valence-electron chi connectivity index (χ4n) is 3.74. The quantitative estimate of drug-likeness (QED) is 0.868. The molecule has 2 unspecified atom stereocenters. The van der Waals surface area contributed by atoms with E-state index >= 15 is 0 Å². The Balaban J connectivity index is 1.91. The Kier molecular flexibility index (Phi) is 4.24. The molecule has 2 heterocycles. The summed E-state index contributed by atoms with van der Waals surface area (Å²) in [5.41, 5.74) is 8.71. The number of anilines is 1. The highest BCUT2D eigenvalue weighted by molar-refractivity contribution is 7.98. The van der Waals surface area contributed by atoms with E-state index < -0.39 is 0 Å². The van der Waals surface area contributed by atoms with Crippen molar-refractivity contribution in [2.45, 2.75) is 43.3 Å². The van der Waals surface area contributed by atoms with Crippen LogP contribution in [0.5, 0.6) is 0 Å². The molecule has 4 heteroatoms. The van der Waals surface area contributed by atoms with Gasteiger partial charge in [0.25, 0.3) is 0 Å². The standard InChI is InChI=1S/C16H25N3S/c1-12-10-18-8-4-5-13(18)11-19(12)15-6-3-7-16(20-2)14(15)9-17/h3,6-7,12-13H,4-5,8-11,17H2,1-2H3. The Morgan fingerprint density at radius 3 is 2.95 bits per heavy atom. The highest BCUT2D eigenvalue weighted by Crippen LogP contribution is 2.34. The summed E-state index contributed by atoms with van der Waals surface area (Å²) in [6.45, 7) is 6.62. The zero-order valence-corrected chi connectivity index (χ0v) is 13.3.